The molecule has 2 heterocycles. The summed E-state index contributed by atoms with van der Waals surface area (Å²) in [6, 6.07) is 2.40. The van der Waals surface area contributed by atoms with E-state index in [-0.39, 0.29) is 17.9 Å². The van der Waals surface area contributed by atoms with Crippen molar-refractivity contribution in [3.63, 3.8) is 0 Å². The molecule has 0 aliphatic carbocycles. The lowest BCUT2D eigenvalue weighted by molar-refractivity contribution is 0.143. The Bertz CT molecular complexity index is 691. The fourth-order valence-corrected chi connectivity index (χ4v) is 4.08. The number of carbonyl (C=O) groups excluding carboxylic acids is 1. The van der Waals surface area contributed by atoms with E-state index >= 15 is 0 Å². The number of nitrogens with one attached hydrogen (secondary N) is 2. The van der Waals surface area contributed by atoms with Crippen molar-refractivity contribution in [2.75, 3.05) is 54.5 Å². The number of cyclic esters (lactones) is 1. The molecule has 0 bridgehead atoms. The van der Waals surface area contributed by atoms with Crippen LogP contribution in [0.2, 0.25) is 0 Å². The summed E-state index contributed by atoms with van der Waals surface area (Å²) in [6.45, 7) is 1.72. The molecular weight excluding hydrogens is 394 g/mol. The van der Waals surface area contributed by atoms with E-state index in [0.717, 1.165) is 17.9 Å². The molecule has 148 valence electrons. The molecule has 1 atom stereocenters. The van der Waals surface area contributed by atoms with E-state index in [9.17, 15) is 13.6 Å². The standard InChI is InChI=1S/C17H22F2N4O2S2/c1-20-16(26)21-9-12-10-23(17(24)25-12)11-7-13(18)15(14(19)8-11)22-3-2-5-27-6-4-22/h7-8,12H,2-6,9-10H2,1H3,(H2,20,21,26)/t12-/m0/s1. The Labute approximate surface area is 166 Å². The molecule has 2 fully saturated rings. The highest BCUT2D eigenvalue weighted by molar-refractivity contribution is 7.99. The number of rotatable bonds is 4. The van der Waals surface area contributed by atoms with Gasteiger partial charge in [0.15, 0.2) is 16.7 Å². The quantitative estimate of drug-likeness (QED) is 0.731. The molecule has 2 aliphatic heterocycles. The SMILES string of the molecule is CNC(=S)NC[C@H]1CN(c2cc(F)c(N3CCCSCC3)c(F)c2)C(=O)O1. The van der Waals surface area contributed by atoms with E-state index < -0.39 is 23.8 Å². The Kier molecular flexibility index (Phi) is 6.59. The molecular formula is C17H22F2N4O2S2. The van der Waals surface area contributed by atoms with Crippen LogP contribution in [0.5, 0.6) is 0 Å². The van der Waals surface area contributed by atoms with Crippen LogP contribution >= 0.6 is 24.0 Å². The Morgan fingerprint density at radius 3 is 2.78 bits per heavy atom. The third-order valence-corrected chi connectivity index (χ3v) is 5.84. The average Bonchev–Trinajstić information content (AvgIpc) is 2.82. The Morgan fingerprint density at radius 1 is 1.33 bits per heavy atom. The molecule has 0 unspecified atom stereocenters. The average molecular weight is 417 g/mol. The predicted octanol–water partition coefficient (Wildman–Crippen LogP) is 2.33. The molecule has 2 aliphatic rings. The van der Waals surface area contributed by atoms with Gasteiger partial charge in [-0.3, -0.25) is 4.90 Å². The maximum Gasteiger partial charge on any atom is 0.414 e. The number of nitrogens with zero attached hydrogens (tertiary/aromatic N) is 2. The number of benzene rings is 1. The van der Waals surface area contributed by atoms with Crippen LogP contribution in [0.4, 0.5) is 25.0 Å². The molecule has 0 radical (unpaired) electrons. The van der Waals surface area contributed by atoms with Gasteiger partial charge in [-0.2, -0.15) is 11.8 Å². The van der Waals surface area contributed by atoms with Crippen molar-refractivity contribution >= 4 is 46.6 Å². The van der Waals surface area contributed by atoms with Crippen LogP contribution in [-0.4, -0.2) is 62.0 Å². The summed E-state index contributed by atoms with van der Waals surface area (Å²) in [7, 11) is 1.68. The van der Waals surface area contributed by atoms with E-state index in [4.69, 9.17) is 17.0 Å². The fourth-order valence-electron chi connectivity index (χ4n) is 3.11. The van der Waals surface area contributed by atoms with Crippen molar-refractivity contribution in [2.24, 2.45) is 0 Å². The second-order valence-corrected chi connectivity index (χ2v) is 7.92. The van der Waals surface area contributed by atoms with Gasteiger partial charge in [0, 0.05) is 38.0 Å². The molecule has 27 heavy (non-hydrogen) atoms. The number of ether oxygens (including phenoxy) is 1. The second kappa shape index (κ2) is 8.92. The fraction of sp³-hybridized carbons (Fsp3) is 0.529. The third kappa shape index (κ3) is 4.73. The zero-order chi connectivity index (χ0) is 19.4. The number of thiocarbonyl (C=S) groups is 1. The number of carbonyl (C=O) groups is 1. The Morgan fingerprint density at radius 2 is 2.07 bits per heavy atom. The van der Waals surface area contributed by atoms with Crippen LogP contribution in [0.15, 0.2) is 12.1 Å². The summed E-state index contributed by atoms with van der Waals surface area (Å²) >= 11 is 6.76. The van der Waals surface area contributed by atoms with Gasteiger partial charge in [0.1, 0.15) is 11.8 Å². The van der Waals surface area contributed by atoms with Gasteiger partial charge in [0.2, 0.25) is 0 Å². The van der Waals surface area contributed by atoms with Crippen molar-refractivity contribution in [2.45, 2.75) is 12.5 Å². The van der Waals surface area contributed by atoms with Gasteiger partial charge in [-0.1, -0.05) is 0 Å². The van der Waals surface area contributed by atoms with Crippen molar-refractivity contribution in [3.8, 4) is 0 Å². The van der Waals surface area contributed by atoms with Crippen molar-refractivity contribution < 1.29 is 18.3 Å². The van der Waals surface area contributed by atoms with Crippen LogP contribution in [0.3, 0.4) is 0 Å². The number of halogens is 2. The lowest BCUT2D eigenvalue weighted by Gasteiger charge is -2.24. The number of anilines is 2. The molecule has 0 spiro atoms. The number of thioether (sulfide) groups is 1. The van der Waals surface area contributed by atoms with Crippen LogP contribution < -0.4 is 20.4 Å². The third-order valence-electron chi connectivity index (χ3n) is 4.44. The molecule has 10 heteroatoms. The van der Waals surface area contributed by atoms with Crippen molar-refractivity contribution in [1.82, 2.24) is 10.6 Å². The molecule has 6 nitrogen and oxygen atoms in total. The Balaban J connectivity index is 1.73. The van der Waals surface area contributed by atoms with E-state index in [1.54, 1.807) is 23.7 Å². The molecule has 0 saturated carbocycles. The lowest BCUT2D eigenvalue weighted by Crippen LogP contribution is -2.39. The van der Waals surface area contributed by atoms with E-state index in [2.05, 4.69) is 10.6 Å². The van der Waals surface area contributed by atoms with Crippen molar-refractivity contribution in [1.29, 1.82) is 0 Å². The minimum absolute atomic E-state index is 0.0219. The summed E-state index contributed by atoms with van der Waals surface area (Å²) in [4.78, 5) is 15.1. The maximum absolute atomic E-state index is 14.7. The monoisotopic (exact) mass is 416 g/mol. The van der Waals surface area contributed by atoms with Crippen LogP contribution in [0, 0.1) is 11.6 Å². The normalized spacial score (nSPS) is 20.3. The first-order valence-electron chi connectivity index (χ1n) is 8.75. The molecule has 1 aromatic carbocycles. The lowest BCUT2D eigenvalue weighted by atomic mass is 10.2. The molecule has 2 saturated heterocycles. The summed E-state index contributed by atoms with van der Waals surface area (Å²) < 4.78 is 34.6. The van der Waals surface area contributed by atoms with Gasteiger partial charge in [0.05, 0.1) is 18.8 Å². The molecule has 0 aromatic heterocycles. The van der Waals surface area contributed by atoms with E-state index in [1.807, 2.05) is 0 Å². The first-order chi connectivity index (χ1) is 13.0. The first-order valence-corrected chi connectivity index (χ1v) is 10.3. The van der Waals surface area contributed by atoms with Gasteiger partial charge in [-0.15, -0.1) is 0 Å². The van der Waals surface area contributed by atoms with Crippen LogP contribution in [0.1, 0.15) is 6.42 Å². The minimum atomic E-state index is -0.664. The van der Waals surface area contributed by atoms with Gasteiger partial charge in [-0.05, 0) is 24.4 Å². The largest absolute Gasteiger partial charge is 0.442 e. The summed E-state index contributed by atoms with van der Waals surface area (Å²) in [6.07, 6.45) is -0.209. The second-order valence-electron chi connectivity index (χ2n) is 6.29. The number of hydrogen-bond donors (Lipinski definition) is 2. The van der Waals surface area contributed by atoms with E-state index in [1.165, 1.54) is 17.0 Å². The van der Waals surface area contributed by atoms with Crippen LogP contribution in [0.25, 0.3) is 0 Å². The van der Waals surface area contributed by atoms with Gasteiger partial charge >= 0.3 is 6.09 Å². The van der Waals surface area contributed by atoms with Crippen LogP contribution in [-0.2, 0) is 4.74 Å². The number of amides is 1. The Hall–Kier alpha value is -1.81. The topological polar surface area (TPSA) is 56.8 Å². The van der Waals surface area contributed by atoms with Gasteiger partial charge < -0.3 is 20.3 Å². The van der Waals surface area contributed by atoms with E-state index in [0.29, 0.717) is 24.7 Å². The van der Waals surface area contributed by atoms with Gasteiger partial charge in [0.25, 0.3) is 0 Å². The zero-order valence-electron chi connectivity index (χ0n) is 15.0. The van der Waals surface area contributed by atoms with Gasteiger partial charge in [-0.25, -0.2) is 13.6 Å². The molecule has 3 rings (SSSR count). The summed E-state index contributed by atoms with van der Waals surface area (Å²) in [5, 5.41) is 6.10. The molecule has 1 amide bonds. The summed E-state index contributed by atoms with van der Waals surface area (Å²) in [5.74, 6) is 0.497. The zero-order valence-corrected chi connectivity index (χ0v) is 16.6. The highest BCUT2D eigenvalue weighted by Gasteiger charge is 2.33. The van der Waals surface area contributed by atoms with Crippen molar-refractivity contribution in [3.05, 3.63) is 23.8 Å². The number of hydrogen-bond acceptors (Lipinski definition) is 5. The smallest absolute Gasteiger partial charge is 0.414 e. The highest BCUT2D eigenvalue weighted by Crippen LogP contribution is 2.32. The highest BCUT2D eigenvalue weighted by atomic mass is 32.2. The molecule has 2 N–H and O–H groups in total. The minimum Gasteiger partial charge on any atom is -0.442 e. The maximum atomic E-state index is 14.7. The first kappa shape index (κ1) is 19.9. The molecule has 1 aromatic rings. The summed E-state index contributed by atoms with van der Waals surface area (Å²) in [5.41, 5.74) is 0.132. The predicted molar refractivity (Wildman–Crippen MR) is 108 cm³/mol.